The number of hydrogen-bond donors (Lipinski definition) is 1. The van der Waals surface area contributed by atoms with Gasteiger partial charge in [0.25, 0.3) is 0 Å². The molecule has 1 unspecified atom stereocenters. The fourth-order valence-corrected chi connectivity index (χ4v) is 2.62. The zero-order chi connectivity index (χ0) is 15.2. The van der Waals surface area contributed by atoms with E-state index in [0.29, 0.717) is 5.02 Å². The van der Waals surface area contributed by atoms with Crippen LogP contribution in [0.5, 0.6) is 11.5 Å². The first-order valence-corrected chi connectivity index (χ1v) is 7.19. The summed E-state index contributed by atoms with van der Waals surface area (Å²) in [6.07, 6.45) is 0.833. The zero-order valence-corrected chi connectivity index (χ0v) is 13.3. The van der Waals surface area contributed by atoms with E-state index in [1.807, 2.05) is 43.4 Å². The van der Waals surface area contributed by atoms with Crippen LogP contribution in [0.4, 0.5) is 0 Å². The molecule has 2 rings (SSSR count). The highest BCUT2D eigenvalue weighted by molar-refractivity contribution is 6.31. The summed E-state index contributed by atoms with van der Waals surface area (Å²) in [6, 6.07) is 14.0. The maximum Gasteiger partial charge on any atom is 0.120 e. The first-order valence-electron chi connectivity index (χ1n) is 6.81. The van der Waals surface area contributed by atoms with Crippen molar-refractivity contribution in [3.63, 3.8) is 0 Å². The Bertz CT molecular complexity index is 601. The molecule has 3 nitrogen and oxygen atoms in total. The third kappa shape index (κ3) is 3.90. The van der Waals surface area contributed by atoms with Crippen LogP contribution in [0.2, 0.25) is 5.02 Å². The molecule has 4 heteroatoms. The zero-order valence-electron chi connectivity index (χ0n) is 12.5. The van der Waals surface area contributed by atoms with Gasteiger partial charge in [0.05, 0.1) is 14.2 Å². The topological polar surface area (TPSA) is 30.5 Å². The van der Waals surface area contributed by atoms with Gasteiger partial charge in [0.15, 0.2) is 0 Å². The molecule has 0 saturated heterocycles. The standard InChI is InChI=1S/C17H20ClNO2/c1-19-17(10-12-5-4-6-13(9-12)20-2)15-8-7-14(21-3)11-16(15)18/h4-9,11,17,19H,10H2,1-3H3. The molecule has 0 heterocycles. The molecule has 0 radical (unpaired) electrons. The summed E-state index contributed by atoms with van der Waals surface area (Å²) in [7, 11) is 5.25. The van der Waals surface area contributed by atoms with E-state index in [0.717, 1.165) is 23.5 Å². The van der Waals surface area contributed by atoms with Crippen LogP contribution in [0.3, 0.4) is 0 Å². The first-order chi connectivity index (χ1) is 10.2. The molecule has 112 valence electrons. The third-order valence-corrected chi connectivity index (χ3v) is 3.83. The minimum Gasteiger partial charge on any atom is -0.497 e. The van der Waals surface area contributed by atoms with E-state index in [4.69, 9.17) is 21.1 Å². The van der Waals surface area contributed by atoms with Crippen molar-refractivity contribution in [1.82, 2.24) is 5.32 Å². The SMILES string of the molecule is CNC(Cc1cccc(OC)c1)c1ccc(OC)cc1Cl. The lowest BCUT2D eigenvalue weighted by molar-refractivity contribution is 0.413. The van der Waals surface area contributed by atoms with Crippen LogP contribution in [0.15, 0.2) is 42.5 Å². The number of hydrogen-bond acceptors (Lipinski definition) is 3. The van der Waals surface area contributed by atoms with Gasteiger partial charge in [0, 0.05) is 11.1 Å². The minimum absolute atomic E-state index is 0.135. The predicted octanol–water partition coefficient (Wildman–Crippen LogP) is 3.86. The van der Waals surface area contributed by atoms with Crippen LogP contribution < -0.4 is 14.8 Å². The molecule has 2 aromatic carbocycles. The van der Waals surface area contributed by atoms with Crippen molar-refractivity contribution in [2.24, 2.45) is 0 Å². The maximum absolute atomic E-state index is 6.36. The summed E-state index contributed by atoms with van der Waals surface area (Å²) < 4.78 is 10.5. The number of benzene rings is 2. The molecule has 0 fully saturated rings. The van der Waals surface area contributed by atoms with E-state index < -0.39 is 0 Å². The van der Waals surface area contributed by atoms with Crippen molar-refractivity contribution < 1.29 is 9.47 Å². The van der Waals surface area contributed by atoms with Crippen LogP contribution in [0, 0.1) is 0 Å². The molecule has 0 aromatic heterocycles. The second-order valence-corrected chi connectivity index (χ2v) is 5.19. The normalized spacial score (nSPS) is 12.0. The van der Waals surface area contributed by atoms with Gasteiger partial charge in [0.1, 0.15) is 11.5 Å². The third-order valence-electron chi connectivity index (χ3n) is 3.51. The summed E-state index contributed by atoms with van der Waals surface area (Å²) >= 11 is 6.36. The molecule has 1 N–H and O–H groups in total. The lowest BCUT2D eigenvalue weighted by Gasteiger charge is -2.19. The van der Waals surface area contributed by atoms with Crippen molar-refractivity contribution in [3.8, 4) is 11.5 Å². The van der Waals surface area contributed by atoms with Crippen LogP contribution in [0.1, 0.15) is 17.2 Å². The fraction of sp³-hybridized carbons (Fsp3) is 0.294. The predicted molar refractivity (Wildman–Crippen MR) is 86.5 cm³/mol. The molecule has 21 heavy (non-hydrogen) atoms. The molecule has 0 aliphatic rings. The van der Waals surface area contributed by atoms with Gasteiger partial charge in [-0.2, -0.15) is 0 Å². The van der Waals surface area contributed by atoms with E-state index in [9.17, 15) is 0 Å². The highest BCUT2D eigenvalue weighted by Crippen LogP contribution is 2.29. The highest BCUT2D eigenvalue weighted by atomic mass is 35.5. The summed E-state index contributed by atoms with van der Waals surface area (Å²) in [4.78, 5) is 0. The van der Waals surface area contributed by atoms with Gasteiger partial charge in [-0.1, -0.05) is 29.8 Å². The lowest BCUT2D eigenvalue weighted by atomic mass is 9.98. The van der Waals surface area contributed by atoms with Crippen LogP contribution in [-0.4, -0.2) is 21.3 Å². The molecule has 0 aliphatic carbocycles. The van der Waals surface area contributed by atoms with Crippen molar-refractivity contribution in [2.75, 3.05) is 21.3 Å². The summed E-state index contributed by atoms with van der Waals surface area (Å²) in [5, 5.41) is 4.02. The van der Waals surface area contributed by atoms with E-state index in [1.165, 1.54) is 5.56 Å². The Labute approximate surface area is 130 Å². The smallest absolute Gasteiger partial charge is 0.120 e. The molecule has 1 atom stereocenters. The van der Waals surface area contributed by atoms with E-state index in [1.54, 1.807) is 14.2 Å². The number of halogens is 1. The molecule has 0 spiro atoms. The average molecular weight is 306 g/mol. The molecule has 0 bridgehead atoms. The number of methoxy groups -OCH3 is 2. The van der Waals surface area contributed by atoms with Crippen molar-refractivity contribution in [3.05, 3.63) is 58.6 Å². The van der Waals surface area contributed by atoms with Gasteiger partial charge in [-0.3, -0.25) is 0 Å². The highest BCUT2D eigenvalue weighted by Gasteiger charge is 2.14. The summed E-state index contributed by atoms with van der Waals surface area (Å²) in [5.74, 6) is 1.63. The molecule has 0 amide bonds. The Morgan fingerprint density at radius 2 is 1.76 bits per heavy atom. The largest absolute Gasteiger partial charge is 0.497 e. The van der Waals surface area contributed by atoms with E-state index in [-0.39, 0.29) is 6.04 Å². The number of nitrogens with one attached hydrogen (secondary N) is 1. The van der Waals surface area contributed by atoms with Crippen LogP contribution >= 0.6 is 11.6 Å². The van der Waals surface area contributed by atoms with Crippen LogP contribution in [-0.2, 0) is 6.42 Å². The Balaban J connectivity index is 2.23. The Morgan fingerprint density at radius 1 is 1.05 bits per heavy atom. The lowest BCUT2D eigenvalue weighted by Crippen LogP contribution is -2.19. The van der Waals surface area contributed by atoms with Crippen molar-refractivity contribution in [1.29, 1.82) is 0 Å². The monoisotopic (exact) mass is 305 g/mol. The van der Waals surface area contributed by atoms with Gasteiger partial charge >= 0.3 is 0 Å². The Kier molecular flexibility index (Phi) is 5.48. The molecule has 0 aliphatic heterocycles. The van der Waals surface area contributed by atoms with Gasteiger partial charge < -0.3 is 14.8 Å². The molecule has 2 aromatic rings. The van der Waals surface area contributed by atoms with Gasteiger partial charge in [-0.25, -0.2) is 0 Å². The average Bonchev–Trinajstić information content (AvgIpc) is 2.53. The quantitative estimate of drug-likeness (QED) is 0.879. The molecule has 0 saturated carbocycles. The Morgan fingerprint density at radius 3 is 2.38 bits per heavy atom. The maximum atomic E-state index is 6.36. The van der Waals surface area contributed by atoms with E-state index in [2.05, 4.69) is 11.4 Å². The Hall–Kier alpha value is -1.71. The van der Waals surface area contributed by atoms with Crippen LogP contribution in [0.25, 0.3) is 0 Å². The fourth-order valence-electron chi connectivity index (χ4n) is 2.32. The van der Waals surface area contributed by atoms with Gasteiger partial charge in [0.2, 0.25) is 0 Å². The summed E-state index contributed by atoms with van der Waals surface area (Å²) in [6.45, 7) is 0. The number of rotatable bonds is 6. The first kappa shape index (κ1) is 15.7. The second kappa shape index (κ2) is 7.34. The van der Waals surface area contributed by atoms with E-state index >= 15 is 0 Å². The number of likely N-dealkylation sites (N-methyl/N-ethyl adjacent to an activating group) is 1. The molecular formula is C17H20ClNO2. The minimum atomic E-state index is 0.135. The second-order valence-electron chi connectivity index (χ2n) is 4.78. The van der Waals surface area contributed by atoms with Gasteiger partial charge in [-0.15, -0.1) is 0 Å². The van der Waals surface area contributed by atoms with Crippen molar-refractivity contribution in [2.45, 2.75) is 12.5 Å². The molecular weight excluding hydrogens is 286 g/mol. The summed E-state index contributed by atoms with van der Waals surface area (Å²) in [5.41, 5.74) is 2.25. The van der Waals surface area contributed by atoms with Crippen molar-refractivity contribution >= 4 is 11.6 Å². The number of ether oxygens (including phenoxy) is 2. The van der Waals surface area contributed by atoms with Gasteiger partial charge in [-0.05, 0) is 48.9 Å².